The molecule has 29 heavy (non-hydrogen) atoms. The standard InChI is InChI=1S/C20H22O7S2/c1-13-3-7-15(8-4-13)28(21,22)25-11-17-18(20-19(17)27-20)12-26-29(23,24)16-9-5-14(2)6-10-16/h3-10,17-20H,11-12H2,1-2H3/t17-,18+,19?,20?. The first kappa shape index (κ1) is 20.5. The number of ether oxygens (including phenoxy) is 1. The molecule has 0 radical (unpaired) electrons. The van der Waals surface area contributed by atoms with Crippen LogP contribution in [0.4, 0.5) is 0 Å². The van der Waals surface area contributed by atoms with E-state index in [0.717, 1.165) is 11.1 Å². The van der Waals surface area contributed by atoms with Gasteiger partial charge in [0.2, 0.25) is 0 Å². The van der Waals surface area contributed by atoms with Gasteiger partial charge in [0.15, 0.2) is 0 Å². The van der Waals surface area contributed by atoms with E-state index in [1.807, 2.05) is 13.8 Å². The van der Waals surface area contributed by atoms with Crippen LogP contribution in [0.3, 0.4) is 0 Å². The van der Waals surface area contributed by atoms with E-state index in [-0.39, 0.29) is 47.0 Å². The second kappa shape index (κ2) is 7.48. The second-order valence-electron chi connectivity index (χ2n) is 7.50. The van der Waals surface area contributed by atoms with Crippen LogP contribution < -0.4 is 0 Å². The molecule has 1 aliphatic carbocycles. The van der Waals surface area contributed by atoms with Crippen molar-refractivity contribution in [2.24, 2.45) is 11.8 Å². The molecule has 1 aliphatic heterocycles. The molecule has 0 bridgehead atoms. The highest BCUT2D eigenvalue weighted by atomic mass is 32.2. The normalized spacial score (nSPS) is 25.9. The Kier molecular flexibility index (Phi) is 5.28. The molecular weight excluding hydrogens is 416 g/mol. The number of epoxide rings is 1. The van der Waals surface area contributed by atoms with E-state index in [1.165, 1.54) is 24.3 Å². The van der Waals surface area contributed by atoms with Crippen molar-refractivity contribution >= 4 is 20.2 Å². The van der Waals surface area contributed by atoms with Crippen LogP contribution in [0, 0.1) is 25.7 Å². The summed E-state index contributed by atoms with van der Waals surface area (Å²) in [5, 5.41) is 0. The molecule has 4 rings (SSSR count). The number of hydrogen-bond acceptors (Lipinski definition) is 7. The topological polar surface area (TPSA) is 99.3 Å². The summed E-state index contributed by atoms with van der Waals surface area (Å²) in [5.74, 6) is -0.457. The van der Waals surface area contributed by atoms with E-state index in [0.29, 0.717) is 0 Å². The molecule has 1 saturated carbocycles. The molecule has 0 N–H and O–H groups in total. The van der Waals surface area contributed by atoms with Gasteiger partial charge in [-0.1, -0.05) is 35.4 Å². The van der Waals surface area contributed by atoms with E-state index >= 15 is 0 Å². The van der Waals surface area contributed by atoms with Crippen LogP contribution in [0.2, 0.25) is 0 Å². The number of aryl methyl sites for hydroxylation is 2. The molecule has 9 heteroatoms. The summed E-state index contributed by atoms with van der Waals surface area (Å²) in [6.07, 6.45) is -0.196. The van der Waals surface area contributed by atoms with Gasteiger partial charge in [-0.2, -0.15) is 16.8 Å². The predicted octanol–water partition coefficient (Wildman–Crippen LogP) is 2.43. The summed E-state index contributed by atoms with van der Waals surface area (Å²) in [6.45, 7) is 3.59. The van der Waals surface area contributed by atoms with Crippen molar-refractivity contribution in [1.29, 1.82) is 0 Å². The molecule has 0 spiro atoms. The van der Waals surface area contributed by atoms with Crippen molar-refractivity contribution in [2.75, 3.05) is 13.2 Å². The Hall–Kier alpha value is -1.78. The maximum Gasteiger partial charge on any atom is 0.296 e. The first-order valence-corrected chi connectivity index (χ1v) is 12.1. The molecule has 2 fully saturated rings. The molecule has 0 aromatic heterocycles. The maximum atomic E-state index is 12.4. The Bertz CT molecular complexity index is 1000. The lowest BCUT2D eigenvalue weighted by molar-refractivity contribution is 0.103. The molecule has 0 amide bonds. The monoisotopic (exact) mass is 438 g/mol. The van der Waals surface area contributed by atoms with E-state index in [4.69, 9.17) is 13.1 Å². The molecule has 7 nitrogen and oxygen atoms in total. The summed E-state index contributed by atoms with van der Waals surface area (Å²) in [6, 6.07) is 12.8. The van der Waals surface area contributed by atoms with Crippen molar-refractivity contribution < 1.29 is 29.9 Å². The lowest BCUT2D eigenvalue weighted by Crippen LogP contribution is -2.43. The Balaban J connectivity index is 1.35. The molecule has 156 valence electrons. The van der Waals surface area contributed by atoms with Gasteiger partial charge in [0.25, 0.3) is 20.2 Å². The first-order valence-electron chi connectivity index (χ1n) is 9.25. The Morgan fingerprint density at radius 2 is 1.03 bits per heavy atom. The van der Waals surface area contributed by atoms with Gasteiger partial charge in [0.05, 0.1) is 35.2 Å². The van der Waals surface area contributed by atoms with Gasteiger partial charge < -0.3 is 4.74 Å². The quantitative estimate of drug-likeness (QED) is 0.461. The zero-order valence-electron chi connectivity index (χ0n) is 16.0. The summed E-state index contributed by atoms with van der Waals surface area (Å²) in [7, 11) is -7.76. The number of fused-ring (bicyclic) bond motifs is 1. The van der Waals surface area contributed by atoms with Crippen LogP contribution in [-0.2, 0) is 33.3 Å². The minimum absolute atomic E-state index is 0.0734. The fraction of sp³-hybridized carbons (Fsp3) is 0.400. The van der Waals surface area contributed by atoms with Gasteiger partial charge in [-0.3, -0.25) is 8.37 Å². The average molecular weight is 439 g/mol. The van der Waals surface area contributed by atoms with E-state index in [2.05, 4.69) is 0 Å². The first-order chi connectivity index (χ1) is 13.7. The van der Waals surface area contributed by atoms with Crippen LogP contribution in [0.15, 0.2) is 58.3 Å². The Morgan fingerprint density at radius 3 is 1.38 bits per heavy atom. The lowest BCUT2D eigenvalue weighted by Gasteiger charge is -2.30. The Labute approximate surface area is 170 Å². The minimum atomic E-state index is -3.88. The highest BCUT2D eigenvalue weighted by molar-refractivity contribution is 7.87. The molecule has 4 atom stereocenters. The third-order valence-corrected chi connectivity index (χ3v) is 8.00. The highest BCUT2D eigenvalue weighted by Crippen LogP contribution is 2.52. The van der Waals surface area contributed by atoms with Gasteiger partial charge in [-0.15, -0.1) is 0 Å². The van der Waals surface area contributed by atoms with Gasteiger partial charge in [0, 0.05) is 11.8 Å². The van der Waals surface area contributed by atoms with E-state index in [9.17, 15) is 16.8 Å². The van der Waals surface area contributed by atoms with Gasteiger partial charge in [-0.05, 0) is 38.1 Å². The minimum Gasteiger partial charge on any atom is -0.369 e. The zero-order valence-corrected chi connectivity index (χ0v) is 17.6. The highest BCUT2D eigenvalue weighted by Gasteiger charge is 2.64. The molecule has 2 aromatic carbocycles. The summed E-state index contributed by atoms with van der Waals surface area (Å²) < 4.78 is 65.3. The largest absolute Gasteiger partial charge is 0.369 e. The second-order valence-corrected chi connectivity index (χ2v) is 10.7. The lowest BCUT2D eigenvalue weighted by atomic mass is 9.75. The molecule has 2 aromatic rings. The van der Waals surface area contributed by atoms with Crippen LogP contribution in [0.1, 0.15) is 11.1 Å². The maximum absolute atomic E-state index is 12.4. The van der Waals surface area contributed by atoms with E-state index in [1.54, 1.807) is 24.3 Å². The van der Waals surface area contributed by atoms with Crippen LogP contribution in [0.5, 0.6) is 0 Å². The van der Waals surface area contributed by atoms with Crippen molar-refractivity contribution in [3.8, 4) is 0 Å². The van der Waals surface area contributed by atoms with E-state index < -0.39 is 20.2 Å². The third-order valence-electron chi connectivity index (χ3n) is 5.41. The predicted molar refractivity (Wildman–Crippen MR) is 104 cm³/mol. The smallest absolute Gasteiger partial charge is 0.296 e. The molecular formula is C20H22O7S2. The van der Waals surface area contributed by atoms with Gasteiger partial charge >= 0.3 is 0 Å². The molecule has 2 unspecified atom stereocenters. The van der Waals surface area contributed by atoms with Crippen LogP contribution in [0.25, 0.3) is 0 Å². The fourth-order valence-electron chi connectivity index (χ4n) is 3.49. The van der Waals surface area contributed by atoms with Crippen molar-refractivity contribution in [1.82, 2.24) is 0 Å². The van der Waals surface area contributed by atoms with Gasteiger partial charge in [0.1, 0.15) is 0 Å². The summed E-state index contributed by atoms with van der Waals surface area (Å²) >= 11 is 0. The number of benzene rings is 2. The third kappa shape index (κ3) is 4.24. The SMILES string of the molecule is Cc1ccc(S(=O)(=O)OC[C@@H]2C3OC3[C@@H]2COS(=O)(=O)c2ccc(C)cc2)cc1. The average Bonchev–Trinajstić information content (AvgIpc) is 3.37. The van der Waals surface area contributed by atoms with Crippen molar-refractivity contribution in [3.05, 3.63) is 59.7 Å². The molecule has 1 saturated heterocycles. The van der Waals surface area contributed by atoms with Crippen LogP contribution in [-0.4, -0.2) is 42.3 Å². The number of rotatable bonds is 8. The Morgan fingerprint density at radius 1 is 0.690 bits per heavy atom. The van der Waals surface area contributed by atoms with Crippen molar-refractivity contribution in [2.45, 2.75) is 35.8 Å². The summed E-state index contributed by atoms with van der Waals surface area (Å²) in [5.41, 5.74) is 1.90. The van der Waals surface area contributed by atoms with Crippen LogP contribution >= 0.6 is 0 Å². The van der Waals surface area contributed by atoms with Gasteiger partial charge in [-0.25, -0.2) is 0 Å². The molecule has 1 heterocycles. The fourth-order valence-corrected chi connectivity index (χ4v) is 5.37. The zero-order chi connectivity index (χ0) is 20.8. The van der Waals surface area contributed by atoms with Crippen molar-refractivity contribution in [3.63, 3.8) is 0 Å². The summed E-state index contributed by atoms with van der Waals surface area (Å²) in [4.78, 5) is 0.177. The molecule has 2 aliphatic rings. The number of hydrogen-bond donors (Lipinski definition) is 0.